The summed E-state index contributed by atoms with van der Waals surface area (Å²) in [7, 11) is 0. The molecule has 6 heteroatoms. The maximum atomic E-state index is 7.42. The van der Waals surface area contributed by atoms with E-state index >= 15 is 0 Å². The minimum absolute atomic E-state index is 0.0140. The molecule has 1 fully saturated rings. The van der Waals surface area contributed by atoms with Crippen molar-refractivity contribution in [3.8, 4) is 0 Å². The Kier molecular flexibility index (Phi) is 4.89. The molecule has 110 valence electrons. The van der Waals surface area contributed by atoms with Gasteiger partial charge in [-0.25, -0.2) is 4.98 Å². The first-order chi connectivity index (χ1) is 9.41. The minimum atomic E-state index is -0.0140. The number of aromatic nitrogens is 1. The normalized spacial score (nSPS) is 26.3. The van der Waals surface area contributed by atoms with Gasteiger partial charge in [-0.2, -0.15) is 0 Å². The van der Waals surface area contributed by atoms with Crippen molar-refractivity contribution in [2.75, 3.05) is 11.9 Å². The number of rotatable bonds is 4. The number of hydrogen-bond donors (Lipinski definition) is 3. The quantitative estimate of drug-likeness (QED) is 0.586. The van der Waals surface area contributed by atoms with Crippen LogP contribution < -0.4 is 11.1 Å². The van der Waals surface area contributed by atoms with Gasteiger partial charge in [-0.15, -0.1) is 0 Å². The molecule has 0 atom stereocenters. The van der Waals surface area contributed by atoms with Crippen LogP contribution in [0.1, 0.15) is 38.2 Å². The van der Waals surface area contributed by atoms with Gasteiger partial charge >= 0.3 is 0 Å². The van der Waals surface area contributed by atoms with E-state index in [1.54, 1.807) is 6.07 Å². The van der Waals surface area contributed by atoms with Crippen LogP contribution in [0.5, 0.6) is 0 Å². The predicted molar refractivity (Wildman–Crippen MR) is 85.2 cm³/mol. The standard InChI is InChI=1S/C14H20Cl2N4/c1-14(18)4-2-9(3-5-14)8-19-11-6-12(15)20-13(16)10(11)7-17/h6-7,9,17H,2-5,8,18H2,1H3,(H,19,20). The number of nitrogens with one attached hydrogen (secondary N) is 2. The van der Waals surface area contributed by atoms with Crippen LogP contribution in [-0.2, 0) is 0 Å². The van der Waals surface area contributed by atoms with Crippen molar-refractivity contribution in [2.45, 2.75) is 38.1 Å². The Morgan fingerprint density at radius 3 is 2.75 bits per heavy atom. The molecule has 0 aromatic carbocycles. The Hall–Kier alpha value is -0.840. The Labute approximate surface area is 129 Å². The van der Waals surface area contributed by atoms with E-state index in [0.717, 1.165) is 37.9 Å². The van der Waals surface area contributed by atoms with E-state index in [-0.39, 0.29) is 10.7 Å². The smallest absolute Gasteiger partial charge is 0.141 e. The molecule has 20 heavy (non-hydrogen) atoms. The van der Waals surface area contributed by atoms with Crippen molar-refractivity contribution < 1.29 is 0 Å². The summed E-state index contributed by atoms with van der Waals surface area (Å²) in [5, 5.41) is 11.4. The van der Waals surface area contributed by atoms with Crippen LogP contribution >= 0.6 is 23.2 Å². The Bertz CT molecular complexity index is 492. The zero-order valence-electron chi connectivity index (χ0n) is 11.5. The van der Waals surface area contributed by atoms with Crippen LogP contribution in [0.25, 0.3) is 0 Å². The second-order valence-corrected chi connectivity index (χ2v) is 6.56. The summed E-state index contributed by atoms with van der Waals surface area (Å²) in [4.78, 5) is 3.94. The van der Waals surface area contributed by atoms with Crippen molar-refractivity contribution in [2.24, 2.45) is 11.7 Å². The van der Waals surface area contributed by atoms with Crippen LogP contribution in [0.2, 0.25) is 10.3 Å². The summed E-state index contributed by atoms with van der Waals surface area (Å²) in [5.74, 6) is 0.593. The summed E-state index contributed by atoms with van der Waals surface area (Å²) in [6, 6.07) is 1.71. The first-order valence-corrected chi connectivity index (χ1v) is 7.56. The SMILES string of the molecule is CC1(N)CCC(CNc2cc(Cl)nc(Cl)c2C=N)CC1. The van der Waals surface area contributed by atoms with Gasteiger partial charge in [0.25, 0.3) is 0 Å². The highest BCUT2D eigenvalue weighted by Crippen LogP contribution is 2.31. The molecule has 1 aromatic rings. The van der Waals surface area contributed by atoms with Crippen LogP contribution in [0.4, 0.5) is 5.69 Å². The second-order valence-electron chi connectivity index (χ2n) is 5.82. The average Bonchev–Trinajstić information content (AvgIpc) is 2.37. The van der Waals surface area contributed by atoms with Gasteiger partial charge in [-0.05, 0) is 44.6 Å². The van der Waals surface area contributed by atoms with Crippen LogP contribution in [0.15, 0.2) is 6.07 Å². The molecular formula is C14H20Cl2N4. The first kappa shape index (κ1) is 15.5. The molecule has 1 saturated carbocycles. The number of nitrogens with zero attached hydrogens (tertiary/aromatic N) is 1. The number of pyridine rings is 1. The molecule has 1 aliphatic rings. The Morgan fingerprint density at radius 2 is 2.15 bits per heavy atom. The topological polar surface area (TPSA) is 74.8 Å². The fourth-order valence-electron chi connectivity index (χ4n) is 2.57. The van der Waals surface area contributed by atoms with E-state index in [0.29, 0.717) is 16.6 Å². The van der Waals surface area contributed by atoms with Crippen molar-refractivity contribution in [1.82, 2.24) is 4.98 Å². The number of anilines is 1. The van der Waals surface area contributed by atoms with Gasteiger partial charge in [0.1, 0.15) is 10.3 Å². The highest BCUT2D eigenvalue weighted by atomic mass is 35.5. The molecule has 2 rings (SSSR count). The van der Waals surface area contributed by atoms with Gasteiger partial charge in [0.15, 0.2) is 0 Å². The van der Waals surface area contributed by atoms with Gasteiger partial charge in [-0.3, -0.25) is 0 Å². The lowest BCUT2D eigenvalue weighted by molar-refractivity contribution is 0.259. The molecule has 0 bridgehead atoms. The maximum absolute atomic E-state index is 7.42. The molecular weight excluding hydrogens is 295 g/mol. The molecule has 0 aliphatic heterocycles. The van der Waals surface area contributed by atoms with E-state index in [9.17, 15) is 0 Å². The minimum Gasteiger partial charge on any atom is -0.384 e. The summed E-state index contributed by atoms with van der Waals surface area (Å²) >= 11 is 11.9. The van der Waals surface area contributed by atoms with Gasteiger partial charge in [0.2, 0.25) is 0 Å². The second kappa shape index (κ2) is 6.29. The van der Waals surface area contributed by atoms with Gasteiger partial charge in [0.05, 0.1) is 5.56 Å². The van der Waals surface area contributed by atoms with Crippen molar-refractivity contribution in [3.63, 3.8) is 0 Å². The van der Waals surface area contributed by atoms with Crippen molar-refractivity contribution >= 4 is 35.1 Å². The molecule has 0 amide bonds. The molecule has 4 nitrogen and oxygen atoms in total. The number of nitrogens with two attached hydrogens (primary N) is 1. The number of halogens is 2. The van der Waals surface area contributed by atoms with E-state index in [4.69, 9.17) is 34.3 Å². The lowest BCUT2D eigenvalue weighted by atomic mass is 9.78. The Balaban J connectivity index is 1.99. The maximum Gasteiger partial charge on any atom is 0.141 e. The molecule has 0 unspecified atom stereocenters. The van der Waals surface area contributed by atoms with Crippen molar-refractivity contribution in [3.05, 3.63) is 21.9 Å². The monoisotopic (exact) mass is 314 g/mol. The molecule has 1 heterocycles. The zero-order valence-corrected chi connectivity index (χ0v) is 13.1. The third-order valence-corrected chi connectivity index (χ3v) is 4.44. The van der Waals surface area contributed by atoms with Gasteiger partial charge < -0.3 is 16.5 Å². The van der Waals surface area contributed by atoms with E-state index in [1.807, 2.05) is 0 Å². The fraction of sp³-hybridized carbons (Fsp3) is 0.571. The number of hydrogen-bond acceptors (Lipinski definition) is 4. The zero-order chi connectivity index (χ0) is 14.8. The summed E-state index contributed by atoms with van der Waals surface area (Å²) in [6.07, 6.45) is 5.54. The summed E-state index contributed by atoms with van der Waals surface area (Å²) in [6.45, 7) is 2.96. The molecule has 0 radical (unpaired) electrons. The lowest BCUT2D eigenvalue weighted by Crippen LogP contribution is -2.41. The molecule has 0 saturated heterocycles. The van der Waals surface area contributed by atoms with E-state index in [2.05, 4.69) is 17.2 Å². The van der Waals surface area contributed by atoms with Crippen LogP contribution in [0.3, 0.4) is 0 Å². The molecule has 1 aliphatic carbocycles. The van der Waals surface area contributed by atoms with E-state index < -0.39 is 0 Å². The molecule has 0 spiro atoms. The van der Waals surface area contributed by atoms with Crippen LogP contribution in [-0.4, -0.2) is 23.3 Å². The predicted octanol–water partition coefficient (Wildman–Crippen LogP) is 3.71. The molecule has 1 aromatic heterocycles. The average molecular weight is 315 g/mol. The van der Waals surface area contributed by atoms with E-state index in [1.165, 1.54) is 6.21 Å². The first-order valence-electron chi connectivity index (χ1n) is 6.80. The summed E-state index contributed by atoms with van der Waals surface area (Å²) in [5.41, 5.74) is 7.47. The van der Waals surface area contributed by atoms with Crippen molar-refractivity contribution in [1.29, 1.82) is 5.41 Å². The Morgan fingerprint density at radius 1 is 1.50 bits per heavy atom. The van der Waals surface area contributed by atoms with Gasteiger partial charge in [-0.1, -0.05) is 23.2 Å². The summed E-state index contributed by atoms with van der Waals surface area (Å²) < 4.78 is 0. The highest BCUT2D eigenvalue weighted by Gasteiger charge is 2.27. The fourth-order valence-corrected chi connectivity index (χ4v) is 3.06. The lowest BCUT2D eigenvalue weighted by Gasteiger charge is -2.34. The third kappa shape index (κ3) is 3.84. The largest absolute Gasteiger partial charge is 0.384 e. The third-order valence-electron chi connectivity index (χ3n) is 3.95. The highest BCUT2D eigenvalue weighted by molar-refractivity contribution is 6.34. The molecule has 4 N–H and O–H groups in total. The van der Waals surface area contributed by atoms with Gasteiger partial charge in [0, 0.05) is 24.0 Å². The van der Waals surface area contributed by atoms with Crippen LogP contribution in [0, 0.1) is 11.3 Å².